The number of rotatable bonds is 8. The van der Waals surface area contributed by atoms with E-state index in [4.69, 9.17) is 0 Å². The molecule has 0 aliphatic rings. The van der Waals surface area contributed by atoms with Gasteiger partial charge < -0.3 is 15.0 Å². The summed E-state index contributed by atoms with van der Waals surface area (Å²) in [6.07, 6.45) is 1.46. The highest BCUT2D eigenvalue weighted by Gasteiger charge is 2.25. The molecule has 0 fully saturated rings. The van der Waals surface area contributed by atoms with Crippen molar-refractivity contribution in [2.24, 2.45) is 0 Å². The van der Waals surface area contributed by atoms with Gasteiger partial charge in [-0.3, -0.25) is 9.59 Å². The number of aryl methyl sites for hydroxylation is 2. The minimum absolute atomic E-state index is 0.298. The van der Waals surface area contributed by atoms with Gasteiger partial charge in [0.15, 0.2) is 0 Å². The summed E-state index contributed by atoms with van der Waals surface area (Å²) in [5, 5.41) is 10.4. The Morgan fingerprint density at radius 1 is 0.938 bits per heavy atom. The third-order valence-electron chi connectivity index (χ3n) is 5.58. The lowest BCUT2D eigenvalue weighted by atomic mass is 10.00. The molecule has 32 heavy (non-hydrogen) atoms. The maximum absolute atomic E-state index is 13.6. The second kappa shape index (κ2) is 9.52. The predicted molar refractivity (Wildman–Crippen MR) is 127 cm³/mol. The standard InChI is InChI=1S/C27H26N2O3/c1-19-14-15-23-22(17-19)25(21-12-6-3-7-13-21)26(28-23)27(32)29(18-24(30)31)16-8-11-20-9-4-2-5-10-20/h2-7,9-10,12-15,17,28H,8,11,16,18H2,1H3,(H,30,31). The van der Waals surface area contributed by atoms with Gasteiger partial charge in [0.05, 0.1) is 0 Å². The molecule has 1 heterocycles. The number of benzene rings is 3. The number of H-pyrrole nitrogens is 1. The summed E-state index contributed by atoms with van der Waals surface area (Å²) in [5.41, 5.74) is 5.29. The van der Waals surface area contributed by atoms with Gasteiger partial charge in [-0.05, 0) is 43.0 Å². The molecule has 1 aromatic heterocycles. The van der Waals surface area contributed by atoms with Crippen LogP contribution in [-0.2, 0) is 11.2 Å². The second-order valence-electron chi connectivity index (χ2n) is 8.00. The highest BCUT2D eigenvalue weighted by atomic mass is 16.4. The molecule has 0 radical (unpaired) electrons. The zero-order valence-corrected chi connectivity index (χ0v) is 18.0. The maximum atomic E-state index is 13.6. The molecule has 5 nitrogen and oxygen atoms in total. The fourth-order valence-corrected chi connectivity index (χ4v) is 4.06. The van der Waals surface area contributed by atoms with E-state index in [1.807, 2.05) is 79.7 Å². The van der Waals surface area contributed by atoms with Crippen LogP contribution in [0.15, 0.2) is 78.9 Å². The number of hydrogen-bond acceptors (Lipinski definition) is 2. The monoisotopic (exact) mass is 426 g/mol. The van der Waals surface area contributed by atoms with Gasteiger partial charge in [-0.2, -0.15) is 0 Å². The first-order chi connectivity index (χ1) is 15.5. The van der Waals surface area contributed by atoms with Crippen molar-refractivity contribution in [2.75, 3.05) is 13.1 Å². The molecule has 0 aliphatic carbocycles. The quantitative estimate of drug-likeness (QED) is 0.401. The number of hydrogen-bond donors (Lipinski definition) is 2. The molecule has 162 valence electrons. The summed E-state index contributed by atoms with van der Waals surface area (Å²) in [4.78, 5) is 29.8. The van der Waals surface area contributed by atoms with Crippen molar-refractivity contribution >= 4 is 22.8 Å². The molecule has 4 rings (SSSR count). The molecule has 0 bridgehead atoms. The average Bonchev–Trinajstić information content (AvgIpc) is 3.17. The van der Waals surface area contributed by atoms with Crippen molar-refractivity contribution in [3.05, 3.63) is 95.7 Å². The van der Waals surface area contributed by atoms with E-state index in [2.05, 4.69) is 11.1 Å². The molecule has 0 aliphatic heterocycles. The number of carboxylic acids is 1. The van der Waals surface area contributed by atoms with Crippen LogP contribution in [0, 0.1) is 6.92 Å². The third-order valence-corrected chi connectivity index (χ3v) is 5.58. The number of nitrogens with one attached hydrogen (secondary N) is 1. The Hall–Kier alpha value is -3.86. The van der Waals surface area contributed by atoms with Crippen molar-refractivity contribution in [3.63, 3.8) is 0 Å². The normalized spacial score (nSPS) is 10.9. The van der Waals surface area contributed by atoms with Gasteiger partial charge in [0.25, 0.3) is 5.91 Å². The van der Waals surface area contributed by atoms with Gasteiger partial charge in [0.2, 0.25) is 0 Å². The van der Waals surface area contributed by atoms with Gasteiger partial charge >= 0.3 is 5.97 Å². The largest absolute Gasteiger partial charge is 0.480 e. The Kier molecular flexibility index (Phi) is 6.36. The van der Waals surface area contributed by atoms with E-state index < -0.39 is 5.97 Å². The Morgan fingerprint density at radius 3 is 2.31 bits per heavy atom. The van der Waals surface area contributed by atoms with Crippen molar-refractivity contribution in [1.29, 1.82) is 0 Å². The van der Waals surface area contributed by atoms with Crippen LogP contribution in [0.25, 0.3) is 22.0 Å². The van der Waals surface area contributed by atoms with Crippen molar-refractivity contribution in [1.82, 2.24) is 9.88 Å². The highest BCUT2D eigenvalue weighted by Crippen LogP contribution is 2.33. The van der Waals surface area contributed by atoms with Crippen molar-refractivity contribution < 1.29 is 14.7 Å². The van der Waals surface area contributed by atoms with Crippen LogP contribution in [0.4, 0.5) is 0 Å². The van der Waals surface area contributed by atoms with Crippen molar-refractivity contribution in [3.8, 4) is 11.1 Å². The number of aromatic nitrogens is 1. The van der Waals surface area contributed by atoms with Gasteiger partial charge in [-0.1, -0.05) is 72.3 Å². The molecule has 1 amide bonds. The Balaban J connectivity index is 1.68. The average molecular weight is 427 g/mol. The van der Waals surface area contributed by atoms with E-state index in [9.17, 15) is 14.7 Å². The van der Waals surface area contributed by atoms with E-state index in [-0.39, 0.29) is 12.5 Å². The SMILES string of the molecule is Cc1ccc2[nH]c(C(=O)N(CCCc3ccccc3)CC(=O)O)c(-c3ccccc3)c2c1. The van der Waals surface area contributed by atoms with E-state index in [1.165, 1.54) is 10.5 Å². The van der Waals surface area contributed by atoms with Gasteiger partial charge in [0, 0.05) is 23.0 Å². The minimum Gasteiger partial charge on any atom is -0.480 e. The third kappa shape index (κ3) is 4.72. The van der Waals surface area contributed by atoms with Crippen LogP contribution < -0.4 is 0 Å². The summed E-state index contributed by atoms with van der Waals surface area (Å²) in [7, 11) is 0. The van der Waals surface area contributed by atoms with Crippen LogP contribution in [0.2, 0.25) is 0 Å². The zero-order chi connectivity index (χ0) is 22.5. The summed E-state index contributed by atoms with van der Waals surface area (Å²) < 4.78 is 0. The fourth-order valence-electron chi connectivity index (χ4n) is 4.06. The molecule has 0 spiro atoms. The second-order valence-corrected chi connectivity index (χ2v) is 8.00. The smallest absolute Gasteiger partial charge is 0.323 e. The number of carboxylic acid groups (broad SMARTS) is 1. The topological polar surface area (TPSA) is 73.4 Å². The molecule has 0 atom stereocenters. The van der Waals surface area contributed by atoms with Gasteiger partial charge in [-0.25, -0.2) is 0 Å². The van der Waals surface area contributed by atoms with Crippen molar-refractivity contribution in [2.45, 2.75) is 19.8 Å². The molecule has 0 saturated heterocycles. The lowest BCUT2D eigenvalue weighted by Gasteiger charge is -2.21. The number of aliphatic carboxylic acids is 1. The number of carbonyl (C=O) groups excluding carboxylic acids is 1. The van der Waals surface area contributed by atoms with Crippen LogP contribution in [-0.4, -0.2) is 40.0 Å². The summed E-state index contributed by atoms with van der Waals surface area (Å²) in [6, 6.07) is 25.8. The summed E-state index contributed by atoms with van der Waals surface area (Å²) in [6.45, 7) is 2.04. The first-order valence-electron chi connectivity index (χ1n) is 10.8. The lowest BCUT2D eigenvalue weighted by molar-refractivity contribution is -0.137. The number of carbonyl (C=O) groups is 2. The summed E-state index contributed by atoms with van der Waals surface area (Å²) in [5.74, 6) is -1.32. The highest BCUT2D eigenvalue weighted by molar-refractivity contribution is 6.10. The van der Waals surface area contributed by atoms with E-state index in [1.54, 1.807) is 0 Å². The Bertz CT molecular complexity index is 1230. The minimum atomic E-state index is -1.02. The molecule has 2 N–H and O–H groups in total. The molecule has 0 saturated carbocycles. The number of aromatic amines is 1. The number of nitrogens with zero attached hydrogens (tertiary/aromatic N) is 1. The molecule has 4 aromatic rings. The van der Waals surface area contributed by atoms with E-state index in [0.717, 1.165) is 34.0 Å². The Morgan fingerprint density at radius 2 is 1.62 bits per heavy atom. The van der Waals surface area contributed by atoms with Crippen LogP contribution in [0.1, 0.15) is 28.0 Å². The Labute approximate surface area is 187 Å². The van der Waals surface area contributed by atoms with Crippen LogP contribution in [0.5, 0.6) is 0 Å². The van der Waals surface area contributed by atoms with Gasteiger partial charge in [-0.15, -0.1) is 0 Å². The lowest BCUT2D eigenvalue weighted by Crippen LogP contribution is -2.37. The summed E-state index contributed by atoms with van der Waals surface area (Å²) >= 11 is 0. The first kappa shape index (κ1) is 21.4. The fraction of sp³-hybridized carbons (Fsp3) is 0.185. The first-order valence-corrected chi connectivity index (χ1v) is 10.8. The molecular weight excluding hydrogens is 400 g/mol. The molecule has 5 heteroatoms. The number of amides is 1. The molecule has 3 aromatic carbocycles. The van der Waals surface area contributed by atoms with E-state index in [0.29, 0.717) is 18.7 Å². The van der Waals surface area contributed by atoms with Crippen LogP contribution in [0.3, 0.4) is 0 Å². The molecular formula is C27H26N2O3. The maximum Gasteiger partial charge on any atom is 0.323 e. The molecule has 0 unspecified atom stereocenters. The number of fused-ring (bicyclic) bond motifs is 1. The van der Waals surface area contributed by atoms with E-state index >= 15 is 0 Å². The van der Waals surface area contributed by atoms with Gasteiger partial charge in [0.1, 0.15) is 12.2 Å². The zero-order valence-electron chi connectivity index (χ0n) is 18.0. The predicted octanol–water partition coefficient (Wildman–Crippen LogP) is 5.30. The van der Waals surface area contributed by atoms with Crippen LogP contribution >= 0.6 is 0 Å².